The van der Waals surface area contributed by atoms with Gasteiger partial charge in [0.2, 0.25) is 0 Å². The fraction of sp³-hybridized carbons (Fsp3) is 0. The summed E-state index contributed by atoms with van der Waals surface area (Å²) >= 11 is 0. The molecule has 0 bridgehead atoms. The average Bonchev–Trinajstić information content (AvgIpc) is 3.86. The Bertz CT molecular complexity index is 3550. The molecule has 276 valence electrons. The predicted octanol–water partition coefficient (Wildman–Crippen LogP) is 15.8. The highest BCUT2D eigenvalue weighted by molar-refractivity contribution is 6.23. The van der Waals surface area contributed by atoms with Gasteiger partial charge in [0.1, 0.15) is 11.2 Å². The van der Waals surface area contributed by atoms with Crippen LogP contribution in [0.5, 0.6) is 0 Å². The molecule has 0 atom stereocenters. The van der Waals surface area contributed by atoms with Crippen molar-refractivity contribution in [2.24, 2.45) is 0 Å². The summed E-state index contributed by atoms with van der Waals surface area (Å²) in [4.78, 5) is 2.36. The Morgan fingerprint density at radius 1 is 0.356 bits per heavy atom. The van der Waals surface area contributed by atoms with E-state index in [1.165, 1.54) is 43.7 Å². The van der Waals surface area contributed by atoms with Gasteiger partial charge in [-0.1, -0.05) is 140 Å². The van der Waals surface area contributed by atoms with Gasteiger partial charge in [-0.25, -0.2) is 0 Å². The maximum atomic E-state index is 6.87. The molecule has 0 aliphatic carbocycles. The van der Waals surface area contributed by atoms with Crippen LogP contribution in [0, 0.1) is 0 Å². The van der Waals surface area contributed by atoms with Gasteiger partial charge in [0.15, 0.2) is 0 Å². The molecule has 0 saturated carbocycles. The van der Waals surface area contributed by atoms with E-state index in [1.807, 2.05) is 0 Å². The minimum atomic E-state index is 0.880. The van der Waals surface area contributed by atoms with Gasteiger partial charge in [0.25, 0.3) is 0 Å². The maximum absolute atomic E-state index is 6.87. The van der Waals surface area contributed by atoms with Crippen molar-refractivity contribution in [1.29, 1.82) is 0 Å². The standard InChI is InChI=1S/C56H36N2O/c1-4-14-37(15-5-1)38-24-25-40-33-45(29-26-39(40)32-38)57(43-16-6-2-7-17-43)46-30-27-41-34-51(56-55(50(41)36-46)49-21-11-13-23-54(49)59-56)42-28-31-48-47-20-10-12-22-52(47)58(53(48)35-42)44-18-8-3-9-19-44/h1-36H. The second-order valence-electron chi connectivity index (χ2n) is 15.3. The summed E-state index contributed by atoms with van der Waals surface area (Å²) in [6.07, 6.45) is 0. The number of rotatable bonds is 6. The lowest BCUT2D eigenvalue weighted by Crippen LogP contribution is -2.09. The topological polar surface area (TPSA) is 21.3 Å². The van der Waals surface area contributed by atoms with Crippen molar-refractivity contribution < 1.29 is 4.42 Å². The lowest BCUT2D eigenvalue weighted by molar-refractivity contribution is 0.670. The first-order valence-electron chi connectivity index (χ1n) is 20.2. The van der Waals surface area contributed by atoms with E-state index < -0.39 is 0 Å². The normalized spacial score (nSPS) is 11.7. The molecule has 10 aromatic carbocycles. The van der Waals surface area contributed by atoms with Crippen molar-refractivity contribution in [2.75, 3.05) is 4.90 Å². The van der Waals surface area contributed by atoms with Gasteiger partial charge < -0.3 is 13.9 Å². The summed E-state index contributed by atoms with van der Waals surface area (Å²) in [5.41, 5.74) is 13.2. The van der Waals surface area contributed by atoms with Crippen molar-refractivity contribution in [1.82, 2.24) is 4.57 Å². The van der Waals surface area contributed by atoms with E-state index >= 15 is 0 Å². The smallest absolute Gasteiger partial charge is 0.143 e. The molecule has 0 amide bonds. The van der Waals surface area contributed by atoms with Crippen LogP contribution >= 0.6 is 0 Å². The highest BCUT2D eigenvalue weighted by Crippen LogP contribution is 2.45. The van der Waals surface area contributed by atoms with Gasteiger partial charge in [-0.15, -0.1) is 0 Å². The lowest BCUT2D eigenvalue weighted by Gasteiger charge is -2.26. The number of fused-ring (bicyclic) bond motifs is 9. The average molecular weight is 753 g/mol. The van der Waals surface area contributed by atoms with E-state index in [0.29, 0.717) is 0 Å². The Kier molecular flexibility index (Phi) is 7.54. The van der Waals surface area contributed by atoms with Gasteiger partial charge in [-0.05, 0) is 117 Å². The van der Waals surface area contributed by atoms with E-state index in [2.05, 4.69) is 228 Å². The van der Waals surface area contributed by atoms with Crippen molar-refractivity contribution in [3.05, 3.63) is 218 Å². The first-order chi connectivity index (χ1) is 29.2. The third kappa shape index (κ3) is 5.44. The van der Waals surface area contributed by atoms with Crippen LogP contribution in [0.1, 0.15) is 0 Å². The van der Waals surface area contributed by atoms with Crippen LogP contribution in [0.25, 0.3) is 93.2 Å². The summed E-state index contributed by atoms with van der Waals surface area (Å²) in [7, 11) is 0. The summed E-state index contributed by atoms with van der Waals surface area (Å²) in [6.45, 7) is 0. The van der Waals surface area contributed by atoms with Gasteiger partial charge >= 0.3 is 0 Å². The van der Waals surface area contributed by atoms with Crippen LogP contribution in [-0.4, -0.2) is 4.57 Å². The molecule has 3 nitrogen and oxygen atoms in total. The molecule has 12 rings (SSSR count). The Balaban J connectivity index is 1.05. The van der Waals surface area contributed by atoms with Crippen molar-refractivity contribution >= 4 is 82.4 Å². The van der Waals surface area contributed by atoms with Crippen LogP contribution in [0.4, 0.5) is 17.1 Å². The molecule has 12 aromatic rings. The van der Waals surface area contributed by atoms with Gasteiger partial charge in [0.05, 0.1) is 11.0 Å². The summed E-state index contributed by atoms with van der Waals surface area (Å²) in [5, 5.41) is 9.42. The first-order valence-corrected chi connectivity index (χ1v) is 20.2. The zero-order chi connectivity index (χ0) is 38.9. The van der Waals surface area contributed by atoms with Crippen molar-refractivity contribution in [3.63, 3.8) is 0 Å². The second kappa shape index (κ2) is 13.4. The monoisotopic (exact) mass is 752 g/mol. The largest absolute Gasteiger partial charge is 0.455 e. The van der Waals surface area contributed by atoms with E-state index in [-0.39, 0.29) is 0 Å². The molecular formula is C56H36N2O. The summed E-state index contributed by atoms with van der Waals surface area (Å²) < 4.78 is 9.25. The van der Waals surface area contributed by atoms with Gasteiger partial charge in [-0.3, -0.25) is 0 Å². The van der Waals surface area contributed by atoms with Gasteiger partial charge in [0, 0.05) is 49.9 Å². The molecule has 0 N–H and O–H groups in total. The SMILES string of the molecule is c1ccc(-c2ccc3cc(N(c4ccccc4)c4ccc5cc(-c6ccc7c8ccccc8n(-c8ccccc8)c7c6)c6oc7ccccc7c6c5c4)ccc3c2)cc1. The summed E-state index contributed by atoms with van der Waals surface area (Å²) in [5.74, 6) is 0. The maximum Gasteiger partial charge on any atom is 0.143 e. The predicted molar refractivity (Wildman–Crippen MR) is 249 cm³/mol. The van der Waals surface area contributed by atoms with E-state index in [1.54, 1.807) is 0 Å². The number of hydrogen-bond acceptors (Lipinski definition) is 2. The molecule has 0 radical (unpaired) electrons. The molecule has 3 heteroatoms. The number of furan rings is 1. The van der Waals surface area contributed by atoms with Crippen LogP contribution in [0.2, 0.25) is 0 Å². The van der Waals surface area contributed by atoms with Gasteiger partial charge in [-0.2, -0.15) is 0 Å². The third-order valence-electron chi connectivity index (χ3n) is 11.9. The van der Waals surface area contributed by atoms with Crippen LogP contribution in [0.3, 0.4) is 0 Å². The highest BCUT2D eigenvalue weighted by Gasteiger charge is 2.21. The molecule has 0 unspecified atom stereocenters. The first kappa shape index (κ1) is 33.3. The number of nitrogens with zero attached hydrogens (tertiary/aromatic N) is 2. The Morgan fingerprint density at radius 2 is 0.983 bits per heavy atom. The Labute approximate surface area is 341 Å². The fourth-order valence-corrected chi connectivity index (χ4v) is 9.16. The quantitative estimate of drug-likeness (QED) is 0.169. The number of hydrogen-bond donors (Lipinski definition) is 0. The molecule has 2 aromatic heterocycles. The third-order valence-corrected chi connectivity index (χ3v) is 11.9. The van der Waals surface area contributed by atoms with Crippen LogP contribution < -0.4 is 4.90 Å². The van der Waals surface area contributed by atoms with E-state index in [0.717, 1.165) is 66.6 Å². The fourth-order valence-electron chi connectivity index (χ4n) is 9.16. The highest BCUT2D eigenvalue weighted by atomic mass is 16.3. The number of aromatic nitrogens is 1. The minimum absolute atomic E-state index is 0.880. The number of benzene rings is 10. The number of para-hydroxylation sites is 4. The van der Waals surface area contributed by atoms with Crippen LogP contribution in [-0.2, 0) is 0 Å². The second-order valence-corrected chi connectivity index (χ2v) is 15.3. The van der Waals surface area contributed by atoms with Crippen molar-refractivity contribution in [3.8, 4) is 27.9 Å². The lowest BCUT2D eigenvalue weighted by atomic mass is 9.95. The molecular weight excluding hydrogens is 717 g/mol. The van der Waals surface area contributed by atoms with Crippen LogP contribution in [0.15, 0.2) is 223 Å². The van der Waals surface area contributed by atoms with E-state index in [4.69, 9.17) is 4.42 Å². The zero-order valence-corrected chi connectivity index (χ0v) is 32.1. The Hall–Kier alpha value is -7.88. The zero-order valence-electron chi connectivity index (χ0n) is 32.1. The molecule has 2 heterocycles. The Morgan fingerprint density at radius 3 is 1.81 bits per heavy atom. The van der Waals surface area contributed by atoms with Crippen molar-refractivity contribution in [2.45, 2.75) is 0 Å². The molecule has 0 saturated heterocycles. The number of anilines is 3. The molecule has 0 aliphatic heterocycles. The molecule has 59 heavy (non-hydrogen) atoms. The molecule has 0 fully saturated rings. The molecule has 0 spiro atoms. The van der Waals surface area contributed by atoms with E-state index in [9.17, 15) is 0 Å². The summed E-state index contributed by atoms with van der Waals surface area (Å²) in [6, 6.07) is 78.6. The minimum Gasteiger partial charge on any atom is -0.455 e. The molecule has 0 aliphatic rings.